The number of rotatable bonds is 13. The molecule has 4 N–H and O–H groups in total. The topological polar surface area (TPSA) is 90.2 Å². The number of hydrogen-bond acceptors (Lipinski definition) is 5. The molecule has 0 amide bonds. The van der Waals surface area contributed by atoms with E-state index in [9.17, 15) is 15.3 Å². The van der Waals surface area contributed by atoms with Crippen molar-refractivity contribution in [2.24, 2.45) is 5.41 Å². The van der Waals surface area contributed by atoms with E-state index in [2.05, 4.69) is 0 Å². The first kappa shape index (κ1) is 21.1. The summed E-state index contributed by atoms with van der Waals surface area (Å²) in [6.45, 7) is 2.44. The summed E-state index contributed by atoms with van der Waals surface area (Å²) in [5.74, 6) is 0. The number of aliphatic hydroxyl groups excluding tert-OH is 4. The van der Waals surface area contributed by atoms with Gasteiger partial charge in [-0.3, -0.25) is 0 Å². The molecule has 0 aliphatic heterocycles. The van der Waals surface area contributed by atoms with Crippen LogP contribution in [-0.2, 0) is 11.2 Å². The first-order valence-corrected chi connectivity index (χ1v) is 8.74. The molecule has 0 aromatic heterocycles. The fourth-order valence-electron chi connectivity index (χ4n) is 2.70. The van der Waals surface area contributed by atoms with Gasteiger partial charge in [0.2, 0.25) is 0 Å². The van der Waals surface area contributed by atoms with Crippen molar-refractivity contribution < 1.29 is 25.2 Å². The Balaban J connectivity index is 2.37. The largest absolute Gasteiger partial charge is 0.396 e. The second kappa shape index (κ2) is 11.6. The Labute approximate surface area is 144 Å². The van der Waals surface area contributed by atoms with Crippen LogP contribution >= 0.6 is 0 Å². The minimum absolute atomic E-state index is 0.0389. The van der Waals surface area contributed by atoms with Gasteiger partial charge in [0.05, 0.1) is 38.6 Å². The van der Waals surface area contributed by atoms with Crippen LogP contribution in [0.5, 0.6) is 0 Å². The maximum Gasteiger partial charge on any atom is 0.0773 e. The molecule has 0 aliphatic rings. The Hall–Kier alpha value is -0.980. The summed E-state index contributed by atoms with van der Waals surface area (Å²) in [7, 11) is 0. The Morgan fingerprint density at radius 2 is 1.71 bits per heavy atom. The summed E-state index contributed by atoms with van der Waals surface area (Å²) >= 11 is 0. The van der Waals surface area contributed by atoms with Crippen LogP contribution in [0.4, 0.5) is 0 Å². The van der Waals surface area contributed by atoms with Crippen LogP contribution in [0, 0.1) is 5.41 Å². The van der Waals surface area contributed by atoms with Crippen molar-refractivity contribution in [3.63, 3.8) is 0 Å². The van der Waals surface area contributed by atoms with Gasteiger partial charge in [0.25, 0.3) is 0 Å². The van der Waals surface area contributed by atoms with Gasteiger partial charge in [-0.15, -0.1) is 0 Å². The van der Waals surface area contributed by atoms with Crippen LogP contribution in [0.1, 0.15) is 38.2 Å². The minimum atomic E-state index is -0.717. The van der Waals surface area contributed by atoms with Crippen molar-refractivity contribution in [3.05, 3.63) is 35.9 Å². The van der Waals surface area contributed by atoms with Crippen LogP contribution in [0.25, 0.3) is 0 Å². The molecule has 1 aromatic carbocycles. The predicted octanol–water partition coefficient (Wildman–Crippen LogP) is 1.52. The molecule has 1 aromatic rings. The van der Waals surface area contributed by atoms with Crippen LogP contribution in [0.3, 0.4) is 0 Å². The van der Waals surface area contributed by atoms with Crippen molar-refractivity contribution in [1.82, 2.24) is 0 Å². The van der Waals surface area contributed by atoms with Gasteiger partial charge in [-0.2, -0.15) is 0 Å². The van der Waals surface area contributed by atoms with E-state index in [0.717, 1.165) is 18.4 Å². The smallest absolute Gasteiger partial charge is 0.0773 e. The van der Waals surface area contributed by atoms with Gasteiger partial charge in [-0.05, 0) is 37.7 Å². The molecule has 0 bridgehead atoms. The molecule has 0 heterocycles. The zero-order valence-corrected chi connectivity index (χ0v) is 14.6. The first-order chi connectivity index (χ1) is 11.5. The van der Waals surface area contributed by atoms with Gasteiger partial charge < -0.3 is 25.2 Å². The summed E-state index contributed by atoms with van der Waals surface area (Å²) in [6.07, 6.45) is 1.84. The van der Waals surface area contributed by atoms with E-state index < -0.39 is 12.2 Å². The van der Waals surface area contributed by atoms with E-state index in [4.69, 9.17) is 9.84 Å². The van der Waals surface area contributed by atoms with Crippen LogP contribution in [0.2, 0.25) is 0 Å². The van der Waals surface area contributed by atoms with Gasteiger partial charge in [0.1, 0.15) is 0 Å². The highest BCUT2D eigenvalue weighted by Crippen LogP contribution is 2.27. The summed E-state index contributed by atoms with van der Waals surface area (Å²) < 4.78 is 5.68. The predicted molar refractivity (Wildman–Crippen MR) is 93.7 cm³/mol. The molecule has 0 spiro atoms. The lowest BCUT2D eigenvalue weighted by atomic mass is 9.80. The zero-order valence-electron chi connectivity index (χ0n) is 14.6. The van der Waals surface area contributed by atoms with E-state index in [1.807, 2.05) is 37.3 Å². The van der Waals surface area contributed by atoms with Gasteiger partial charge in [0.15, 0.2) is 0 Å². The average molecular weight is 340 g/mol. The lowest BCUT2D eigenvalue weighted by molar-refractivity contribution is -0.0325. The molecule has 5 heteroatoms. The molecule has 1 rings (SSSR count). The summed E-state index contributed by atoms with van der Waals surface area (Å²) in [6, 6.07) is 10.0. The molecule has 5 nitrogen and oxygen atoms in total. The quantitative estimate of drug-likeness (QED) is 0.437. The van der Waals surface area contributed by atoms with Crippen molar-refractivity contribution in [2.75, 3.05) is 26.4 Å². The molecule has 0 fully saturated rings. The van der Waals surface area contributed by atoms with Crippen LogP contribution in [0.15, 0.2) is 30.3 Å². The van der Waals surface area contributed by atoms with E-state index in [1.165, 1.54) is 0 Å². The Morgan fingerprint density at radius 3 is 2.29 bits per heavy atom. The second-order valence-electron chi connectivity index (χ2n) is 6.61. The number of aliphatic hydroxyl groups is 4. The summed E-state index contributed by atoms with van der Waals surface area (Å²) in [4.78, 5) is 0. The summed E-state index contributed by atoms with van der Waals surface area (Å²) in [5, 5.41) is 37.8. The number of benzene rings is 1. The van der Waals surface area contributed by atoms with Crippen LogP contribution in [-0.4, -0.2) is 59.1 Å². The minimum Gasteiger partial charge on any atom is -0.396 e. The van der Waals surface area contributed by atoms with E-state index in [-0.39, 0.29) is 25.2 Å². The van der Waals surface area contributed by atoms with Gasteiger partial charge in [-0.1, -0.05) is 37.3 Å². The van der Waals surface area contributed by atoms with E-state index in [1.54, 1.807) is 0 Å². The second-order valence-corrected chi connectivity index (χ2v) is 6.61. The molecule has 3 unspecified atom stereocenters. The van der Waals surface area contributed by atoms with Gasteiger partial charge >= 0.3 is 0 Å². The van der Waals surface area contributed by atoms with Crippen molar-refractivity contribution in [3.8, 4) is 0 Å². The van der Waals surface area contributed by atoms with Gasteiger partial charge in [0, 0.05) is 5.41 Å². The highest BCUT2D eigenvalue weighted by molar-refractivity contribution is 5.16. The summed E-state index contributed by atoms with van der Waals surface area (Å²) in [5.41, 5.74) is 0.823. The first-order valence-electron chi connectivity index (χ1n) is 8.74. The van der Waals surface area contributed by atoms with Crippen molar-refractivity contribution >= 4 is 0 Å². The lowest BCUT2D eigenvalue weighted by Gasteiger charge is -2.31. The Morgan fingerprint density at radius 1 is 1.04 bits per heavy atom. The Kier molecular flexibility index (Phi) is 10.1. The average Bonchev–Trinajstić information content (AvgIpc) is 2.61. The molecular weight excluding hydrogens is 308 g/mol. The van der Waals surface area contributed by atoms with Crippen LogP contribution < -0.4 is 0 Å². The number of hydrogen-bond donors (Lipinski definition) is 4. The standard InChI is InChI=1S/C19H32O5/c1-2-19(14-21,11-16-7-4-3-5-8-16)15-24-13-18(23)10-6-9-17(22)12-20/h3-5,7-8,17-18,20-23H,2,6,9-15H2,1H3. The maximum absolute atomic E-state index is 9.94. The molecule has 0 saturated carbocycles. The molecule has 0 saturated heterocycles. The Bertz CT molecular complexity index is 419. The molecule has 0 radical (unpaired) electrons. The molecule has 138 valence electrons. The number of ether oxygens (including phenoxy) is 1. The highest BCUT2D eigenvalue weighted by atomic mass is 16.5. The normalized spacial score (nSPS) is 16.5. The van der Waals surface area contributed by atoms with Crippen molar-refractivity contribution in [1.29, 1.82) is 0 Å². The maximum atomic E-state index is 9.94. The third kappa shape index (κ3) is 7.73. The van der Waals surface area contributed by atoms with Crippen molar-refractivity contribution in [2.45, 2.75) is 51.2 Å². The zero-order chi connectivity index (χ0) is 17.8. The molecule has 24 heavy (non-hydrogen) atoms. The monoisotopic (exact) mass is 340 g/mol. The lowest BCUT2D eigenvalue weighted by Crippen LogP contribution is -2.34. The third-order valence-electron chi connectivity index (χ3n) is 4.51. The van der Waals surface area contributed by atoms with E-state index in [0.29, 0.717) is 25.9 Å². The molecule has 0 aliphatic carbocycles. The third-order valence-corrected chi connectivity index (χ3v) is 4.51. The highest BCUT2D eigenvalue weighted by Gasteiger charge is 2.28. The fraction of sp³-hybridized carbons (Fsp3) is 0.684. The molecule has 3 atom stereocenters. The fourth-order valence-corrected chi connectivity index (χ4v) is 2.70. The SMILES string of the molecule is CCC(CO)(COCC(O)CCCC(O)CO)Cc1ccccc1. The van der Waals surface area contributed by atoms with E-state index >= 15 is 0 Å². The van der Waals surface area contributed by atoms with Gasteiger partial charge in [-0.25, -0.2) is 0 Å². The molecular formula is C19H32O5.